The Morgan fingerprint density at radius 2 is 2.05 bits per heavy atom. The summed E-state index contributed by atoms with van der Waals surface area (Å²) in [6.07, 6.45) is 1.12. The van der Waals surface area contributed by atoms with E-state index in [0.717, 1.165) is 0 Å². The summed E-state index contributed by atoms with van der Waals surface area (Å²) in [5.74, 6) is -0.0842. The summed E-state index contributed by atoms with van der Waals surface area (Å²) in [4.78, 5) is 0. The maximum Gasteiger partial charge on any atom is 0.235 e. The number of benzene rings is 1. The molecule has 1 aromatic rings. The van der Waals surface area contributed by atoms with Gasteiger partial charge in [0, 0.05) is 6.54 Å². The van der Waals surface area contributed by atoms with Crippen molar-refractivity contribution in [3.63, 3.8) is 0 Å². The molecule has 0 aliphatic heterocycles. The van der Waals surface area contributed by atoms with Gasteiger partial charge in [0.05, 0.1) is 11.4 Å². The zero-order valence-corrected chi connectivity index (χ0v) is 12.9. The monoisotopic (exact) mass is 302 g/mol. The van der Waals surface area contributed by atoms with Gasteiger partial charge in [0.1, 0.15) is 5.82 Å². The lowest BCUT2D eigenvalue weighted by molar-refractivity contribution is 0.568. The van der Waals surface area contributed by atoms with E-state index in [1.165, 1.54) is 22.5 Å². The third kappa shape index (κ3) is 5.09. The van der Waals surface area contributed by atoms with E-state index < -0.39 is 15.8 Å². The predicted octanol–water partition coefficient (Wildman–Crippen LogP) is 2.36. The SMILES string of the molecule is CC(C)CCS(=O)(=O)N(CCCN)c1cccc(F)c1. The molecule has 0 spiro atoms. The van der Waals surface area contributed by atoms with Crippen LogP contribution >= 0.6 is 0 Å². The molecule has 0 atom stereocenters. The number of sulfonamides is 1. The summed E-state index contributed by atoms with van der Waals surface area (Å²) in [6, 6.07) is 5.65. The molecule has 0 aliphatic carbocycles. The Morgan fingerprint density at radius 3 is 2.60 bits per heavy atom. The molecule has 0 heterocycles. The van der Waals surface area contributed by atoms with E-state index in [4.69, 9.17) is 5.73 Å². The molecule has 2 N–H and O–H groups in total. The lowest BCUT2D eigenvalue weighted by atomic mass is 10.2. The van der Waals surface area contributed by atoms with Crippen molar-refractivity contribution in [1.82, 2.24) is 0 Å². The van der Waals surface area contributed by atoms with Crippen molar-refractivity contribution in [1.29, 1.82) is 0 Å². The molecule has 0 saturated heterocycles. The fourth-order valence-electron chi connectivity index (χ4n) is 1.79. The summed E-state index contributed by atoms with van der Waals surface area (Å²) in [5.41, 5.74) is 5.82. The molecule has 1 rings (SSSR count). The number of rotatable bonds is 8. The average molecular weight is 302 g/mol. The molecule has 0 aromatic heterocycles. The highest BCUT2D eigenvalue weighted by atomic mass is 32.2. The second-order valence-electron chi connectivity index (χ2n) is 5.19. The summed E-state index contributed by atoms with van der Waals surface area (Å²) in [5, 5.41) is 0. The van der Waals surface area contributed by atoms with Gasteiger partial charge in [0.15, 0.2) is 0 Å². The Balaban J connectivity index is 2.99. The van der Waals surface area contributed by atoms with Crippen LogP contribution in [0.5, 0.6) is 0 Å². The molecule has 6 heteroatoms. The van der Waals surface area contributed by atoms with Crippen molar-refractivity contribution >= 4 is 15.7 Å². The zero-order chi connectivity index (χ0) is 15.2. The first-order valence-electron chi connectivity index (χ1n) is 6.83. The summed E-state index contributed by atoms with van der Waals surface area (Å²) in [7, 11) is -3.45. The van der Waals surface area contributed by atoms with E-state index in [-0.39, 0.29) is 12.3 Å². The molecular formula is C14H23FN2O2S. The molecule has 114 valence electrons. The number of hydrogen-bond donors (Lipinski definition) is 1. The molecule has 0 amide bonds. The van der Waals surface area contributed by atoms with Crippen molar-refractivity contribution in [2.75, 3.05) is 23.1 Å². The van der Waals surface area contributed by atoms with Crippen LogP contribution in [0, 0.1) is 11.7 Å². The second kappa shape index (κ2) is 7.59. The number of nitrogens with two attached hydrogens (primary N) is 1. The third-order valence-corrected chi connectivity index (χ3v) is 4.77. The maximum atomic E-state index is 13.3. The number of halogens is 1. The van der Waals surface area contributed by atoms with Gasteiger partial charge in [-0.1, -0.05) is 19.9 Å². The molecule has 0 unspecified atom stereocenters. The van der Waals surface area contributed by atoms with Crippen LogP contribution in [0.25, 0.3) is 0 Å². The number of anilines is 1. The highest BCUT2D eigenvalue weighted by molar-refractivity contribution is 7.92. The number of hydrogen-bond acceptors (Lipinski definition) is 3. The van der Waals surface area contributed by atoms with E-state index in [9.17, 15) is 12.8 Å². The topological polar surface area (TPSA) is 63.4 Å². The quantitative estimate of drug-likeness (QED) is 0.802. The molecule has 20 heavy (non-hydrogen) atoms. The van der Waals surface area contributed by atoms with Crippen molar-refractivity contribution in [2.24, 2.45) is 11.7 Å². The van der Waals surface area contributed by atoms with Gasteiger partial charge < -0.3 is 5.73 Å². The van der Waals surface area contributed by atoms with Crippen LogP contribution in [0.2, 0.25) is 0 Å². The lowest BCUT2D eigenvalue weighted by Crippen LogP contribution is -2.35. The standard InChI is InChI=1S/C14H23FN2O2S/c1-12(2)7-10-20(18,19)17(9-4-8-16)14-6-3-5-13(15)11-14/h3,5-6,11-12H,4,7-10,16H2,1-2H3. The van der Waals surface area contributed by atoms with E-state index in [1.54, 1.807) is 6.07 Å². The van der Waals surface area contributed by atoms with Gasteiger partial charge in [-0.3, -0.25) is 4.31 Å². The van der Waals surface area contributed by atoms with Gasteiger partial charge in [-0.05, 0) is 43.5 Å². The molecule has 0 fully saturated rings. The van der Waals surface area contributed by atoms with E-state index in [1.807, 2.05) is 13.8 Å². The van der Waals surface area contributed by atoms with Crippen molar-refractivity contribution in [2.45, 2.75) is 26.7 Å². The third-order valence-electron chi connectivity index (χ3n) is 2.95. The Hall–Kier alpha value is -1.14. The van der Waals surface area contributed by atoms with Gasteiger partial charge in [-0.2, -0.15) is 0 Å². The minimum absolute atomic E-state index is 0.0613. The second-order valence-corrected chi connectivity index (χ2v) is 7.21. The van der Waals surface area contributed by atoms with Crippen molar-refractivity contribution in [3.05, 3.63) is 30.1 Å². The molecule has 0 aliphatic rings. The fraction of sp³-hybridized carbons (Fsp3) is 0.571. The van der Waals surface area contributed by atoms with Crippen LogP contribution in [-0.4, -0.2) is 27.3 Å². The van der Waals surface area contributed by atoms with E-state index >= 15 is 0 Å². The number of nitrogens with zero attached hydrogens (tertiary/aromatic N) is 1. The molecule has 0 radical (unpaired) electrons. The molecular weight excluding hydrogens is 279 g/mol. The van der Waals surface area contributed by atoms with Crippen LogP contribution in [-0.2, 0) is 10.0 Å². The molecule has 0 saturated carbocycles. The first-order chi connectivity index (χ1) is 9.36. The summed E-state index contributed by atoms with van der Waals surface area (Å²) in [6.45, 7) is 4.62. The average Bonchev–Trinajstić information content (AvgIpc) is 2.37. The highest BCUT2D eigenvalue weighted by Crippen LogP contribution is 2.21. The normalized spacial score (nSPS) is 11.8. The van der Waals surface area contributed by atoms with Crippen molar-refractivity contribution in [3.8, 4) is 0 Å². The van der Waals surface area contributed by atoms with Gasteiger partial charge in [-0.25, -0.2) is 12.8 Å². The van der Waals surface area contributed by atoms with Gasteiger partial charge in [0.25, 0.3) is 0 Å². The largest absolute Gasteiger partial charge is 0.330 e. The van der Waals surface area contributed by atoms with E-state index in [2.05, 4.69) is 0 Å². The van der Waals surface area contributed by atoms with Crippen LogP contribution in [0.1, 0.15) is 26.7 Å². The Kier molecular flexibility index (Phi) is 6.42. The lowest BCUT2D eigenvalue weighted by Gasteiger charge is -2.24. The van der Waals surface area contributed by atoms with Gasteiger partial charge in [-0.15, -0.1) is 0 Å². The summed E-state index contributed by atoms with van der Waals surface area (Å²) < 4.78 is 39.4. The smallest absolute Gasteiger partial charge is 0.235 e. The molecule has 4 nitrogen and oxygen atoms in total. The Morgan fingerprint density at radius 1 is 1.35 bits per heavy atom. The minimum Gasteiger partial charge on any atom is -0.330 e. The van der Waals surface area contributed by atoms with Gasteiger partial charge >= 0.3 is 0 Å². The summed E-state index contributed by atoms with van der Waals surface area (Å²) >= 11 is 0. The minimum atomic E-state index is -3.45. The van der Waals surface area contributed by atoms with Crippen LogP contribution < -0.4 is 10.0 Å². The highest BCUT2D eigenvalue weighted by Gasteiger charge is 2.22. The first-order valence-corrected chi connectivity index (χ1v) is 8.44. The fourth-order valence-corrected chi connectivity index (χ4v) is 3.62. The van der Waals surface area contributed by atoms with Crippen LogP contribution in [0.4, 0.5) is 10.1 Å². The maximum absolute atomic E-state index is 13.3. The molecule has 0 bridgehead atoms. The van der Waals surface area contributed by atoms with E-state index in [0.29, 0.717) is 31.0 Å². The molecule has 1 aromatic carbocycles. The zero-order valence-electron chi connectivity index (χ0n) is 12.0. The van der Waals surface area contributed by atoms with Crippen LogP contribution in [0.3, 0.4) is 0 Å². The Bertz CT molecular complexity index is 518. The predicted molar refractivity (Wildman–Crippen MR) is 80.7 cm³/mol. The Labute approximate surface area is 120 Å². The van der Waals surface area contributed by atoms with Crippen LogP contribution in [0.15, 0.2) is 24.3 Å². The van der Waals surface area contributed by atoms with Gasteiger partial charge in [0.2, 0.25) is 10.0 Å². The first kappa shape index (κ1) is 16.9. The van der Waals surface area contributed by atoms with Crippen molar-refractivity contribution < 1.29 is 12.8 Å².